The third kappa shape index (κ3) is 3.17. The van der Waals surface area contributed by atoms with Crippen molar-refractivity contribution >= 4 is 46.6 Å². The quantitative estimate of drug-likeness (QED) is 0.757. The van der Waals surface area contributed by atoms with Crippen molar-refractivity contribution in [2.24, 2.45) is 5.73 Å². The molecule has 0 aromatic heterocycles. The first-order valence-electron chi connectivity index (χ1n) is 5.89. The summed E-state index contributed by atoms with van der Waals surface area (Å²) in [5.41, 5.74) is 5.88. The Hall–Kier alpha value is -1.86. The normalized spacial score (nSPS) is 15.2. The van der Waals surface area contributed by atoms with Crippen LogP contribution in [0, 0.1) is 0 Å². The Morgan fingerprint density at radius 3 is 2.65 bits per heavy atom. The zero-order valence-electron chi connectivity index (χ0n) is 10.5. The predicted molar refractivity (Wildman–Crippen MR) is 80.7 cm³/mol. The van der Waals surface area contributed by atoms with Gasteiger partial charge in [-0.15, -0.1) is 0 Å². The summed E-state index contributed by atoms with van der Waals surface area (Å²) in [6.45, 7) is 0.707. The number of thiocarbonyl (C=S) groups is 1. The van der Waals surface area contributed by atoms with Gasteiger partial charge in [-0.2, -0.15) is 0 Å². The molecule has 0 spiro atoms. The lowest BCUT2D eigenvalue weighted by molar-refractivity contribution is -0.120. The molecule has 3 amide bonds. The van der Waals surface area contributed by atoms with Crippen LogP contribution in [0.25, 0.3) is 0 Å². The number of nitrogens with two attached hydrogens (primary N) is 1. The number of nitrogens with zero attached hydrogens (tertiary/aromatic N) is 2. The number of benzene rings is 1. The molecule has 1 aliphatic rings. The van der Waals surface area contributed by atoms with Crippen LogP contribution in [-0.4, -0.2) is 41.6 Å². The van der Waals surface area contributed by atoms with Gasteiger partial charge in [0.15, 0.2) is 5.11 Å². The minimum atomic E-state index is -0.468. The fourth-order valence-corrected chi connectivity index (χ4v) is 2.28. The summed E-state index contributed by atoms with van der Waals surface area (Å²) in [5.74, 6) is -0.206. The SMILES string of the molecule is NC(=S)NC(=O)N1CCN(c2ccccc2Cl)C(=O)C1. The molecule has 0 saturated carbocycles. The molecule has 1 fully saturated rings. The number of hydrogen-bond donors (Lipinski definition) is 2. The van der Waals surface area contributed by atoms with Crippen molar-refractivity contribution in [3.63, 3.8) is 0 Å². The molecule has 1 aromatic carbocycles. The Morgan fingerprint density at radius 1 is 1.35 bits per heavy atom. The third-order valence-corrected chi connectivity index (χ3v) is 3.30. The Labute approximate surface area is 126 Å². The number of carbonyl (C=O) groups excluding carboxylic acids is 2. The van der Waals surface area contributed by atoms with Gasteiger partial charge in [-0.3, -0.25) is 10.1 Å². The highest BCUT2D eigenvalue weighted by atomic mass is 35.5. The van der Waals surface area contributed by atoms with Crippen molar-refractivity contribution in [3.8, 4) is 0 Å². The number of carbonyl (C=O) groups is 2. The summed E-state index contributed by atoms with van der Waals surface area (Å²) in [6, 6.07) is 6.62. The molecule has 6 nitrogen and oxygen atoms in total. The van der Waals surface area contributed by atoms with Gasteiger partial charge in [0.2, 0.25) is 5.91 Å². The number of hydrogen-bond acceptors (Lipinski definition) is 3. The molecule has 2 rings (SSSR count). The second-order valence-electron chi connectivity index (χ2n) is 4.21. The highest BCUT2D eigenvalue weighted by molar-refractivity contribution is 7.80. The smallest absolute Gasteiger partial charge is 0.324 e. The van der Waals surface area contributed by atoms with Crippen molar-refractivity contribution in [2.45, 2.75) is 0 Å². The first-order valence-corrected chi connectivity index (χ1v) is 6.68. The minimum absolute atomic E-state index is 0.0420. The second-order valence-corrected chi connectivity index (χ2v) is 5.06. The summed E-state index contributed by atoms with van der Waals surface area (Å²) in [6.07, 6.45) is 0. The number of nitrogens with one attached hydrogen (secondary N) is 1. The maximum Gasteiger partial charge on any atom is 0.324 e. The van der Waals surface area contributed by atoms with Crippen LogP contribution in [0.1, 0.15) is 0 Å². The van der Waals surface area contributed by atoms with E-state index in [0.29, 0.717) is 23.8 Å². The van der Waals surface area contributed by atoms with Gasteiger partial charge in [-0.25, -0.2) is 4.79 Å². The summed E-state index contributed by atoms with van der Waals surface area (Å²) in [7, 11) is 0. The molecule has 0 bridgehead atoms. The lowest BCUT2D eigenvalue weighted by Crippen LogP contribution is -2.56. The number of halogens is 1. The molecule has 20 heavy (non-hydrogen) atoms. The van der Waals surface area contributed by atoms with Crippen molar-refractivity contribution in [1.29, 1.82) is 0 Å². The Balaban J connectivity index is 2.07. The Morgan fingerprint density at radius 2 is 2.05 bits per heavy atom. The number of urea groups is 1. The average molecular weight is 313 g/mol. The maximum atomic E-state index is 12.1. The molecule has 106 valence electrons. The van der Waals surface area contributed by atoms with Crippen LogP contribution in [0.3, 0.4) is 0 Å². The van der Waals surface area contributed by atoms with Gasteiger partial charge >= 0.3 is 6.03 Å². The Bertz CT molecular complexity index is 566. The van der Waals surface area contributed by atoms with E-state index in [2.05, 4.69) is 17.5 Å². The van der Waals surface area contributed by atoms with Gasteiger partial charge in [-0.05, 0) is 24.4 Å². The van der Waals surface area contributed by atoms with Crippen molar-refractivity contribution in [2.75, 3.05) is 24.5 Å². The first-order chi connectivity index (χ1) is 9.49. The zero-order valence-corrected chi connectivity index (χ0v) is 12.1. The topological polar surface area (TPSA) is 78.7 Å². The molecular formula is C12H13ClN4O2S. The van der Waals surface area contributed by atoms with E-state index in [4.69, 9.17) is 17.3 Å². The average Bonchev–Trinajstić information content (AvgIpc) is 2.39. The van der Waals surface area contributed by atoms with Crippen LogP contribution in [0.4, 0.5) is 10.5 Å². The number of piperazine rings is 1. The van der Waals surface area contributed by atoms with E-state index in [-0.39, 0.29) is 17.6 Å². The molecular weight excluding hydrogens is 300 g/mol. The van der Waals surface area contributed by atoms with Crippen molar-refractivity contribution in [3.05, 3.63) is 29.3 Å². The van der Waals surface area contributed by atoms with Crippen LogP contribution in [0.15, 0.2) is 24.3 Å². The lowest BCUT2D eigenvalue weighted by Gasteiger charge is -2.34. The van der Waals surface area contributed by atoms with Crippen molar-refractivity contribution in [1.82, 2.24) is 10.2 Å². The van der Waals surface area contributed by atoms with E-state index in [0.717, 1.165) is 0 Å². The predicted octanol–water partition coefficient (Wildman–Crippen LogP) is 0.942. The molecule has 1 aliphatic heterocycles. The summed E-state index contributed by atoms with van der Waals surface area (Å²) < 4.78 is 0. The van der Waals surface area contributed by atoms with Crippen LogP contribution in [0.5, 0.6) is 0 Å². The molecule has 1 heterocycles. The molecule has 0 atom stereocenters. The number of rotatable bonds is 1. The molecule has 0 unspecified atom stereocenters. The number of anilines is 1. The van der Waals surface area contributed by atoms with Gasteiger partial charge in [0.25, 0.3) is 0 Å². The van der Waals surface area contributed by atoms with E-state index in [9.17, 15) is 9.59 Å². The molecule has 3 N–H and O–H groups in total. The molecule has 0 radical (unpaired) electrons. The van der Waals surface area contributed by atoms with E-state index >= 15 is 0 Å². The maximum absolute atomic E-state index is 12.1. The highest BCUT2D eigenvalue weighted by Gasteiger charge is 2.29. The highest BCUT2D eigenvalue weighted by Crippen LogP contribution is 2.26. The van der Waals surface area contributed by atoms with Gasteiger partial charge < -0.3 is 15.5 Å². The third-order valence-electron chi connectivity index (χ3n) is 2.88. The van der Waals surface area contributed by atoms with Crippen LogP contribution in [-0.2, 0) is 4.79 Å². The van der Waals surface area contributed by atoms with Gasteiger partial charge in [0, 0.05) is 13.1 Å². The number of para-hydroxylation sites is 1. The van der Waals surface area contributed by atoms with Crippen molar-refractivity contribution < 1.29 is 9.59 Å². The second kappa shape index (κ2) is 6.06. The van der Waals surface area contributed by atoms with Crippen LogP contribution < -0.4 is 16.0 Å². The molecule has 0 aliphatic carbocycles. The zero-order chi connectivity index (χ0) is 14.7. The molecule has 8 heteroatoms. The minimum Gasteiger partial charge on any atom is -0.376 e. The Kier molecular flexibility index (Phi) is 4.41. The fourth-order valence-electron chi connectivity index (χ4n) is 1.96. The van der Waals surface area contributed by atoms with E-state index in [1.165, 1.54) is 4.90 Å². The summed E-state index contributed by atoms with van der Waals surface area (Å²) in [5, 5.41) is 2.69. The van der Waals surface area contributed by atoms with Gasteiger partial charge in [-0.1, -0.05) is 23.7 Å². The standard InChI is InChI=1S/C12H13ClN4O2S/c13-8-3-1-2-4-9(8)17-6-5-16(7-10(17)18)12(19)15-11(14)20/h1-4H,5-7H2,(H3,14,15,19,20). The summed E-state index contributed by atoms with van der Waals surface area (Å²) in [4.78, 5) is 26.8. The van der Waals surface area contributed by atoms with E-state index < -0.39 is 6.03 Å². The van der Waals surface area contributed by atoms with Crippen LogP contribution in [0.2, 0.25) is 5.02 Å². The molecule has 1 aromatic rings. The fraction of sp³-hybridized carbons (Fsp3) is 0.250. The van der Waals surface area contributed by atoms with Gasteiger partial charge in [0.1, 0.15) is 6.54 Å². The first kappa shape index (κ1) is 14.5. The summed E-state index contributed by atoms with van der Waals surface area (Å²) >= 11 is 10.7. The monoisotopic (exact) mass is 312 g/mol. The number of amides is 3. The van der Waals surface area contributed by atoms with Gasteiger partial charge in [0.05, 0.1) is 10.7 Å². The van der Waals surface area contributed by atoms with E-state index in [1.54, 1.807) is 29.2 Å². The largest absolute Gasteiger partial charge is 0.376 e. The molecule has 1 saturated heterocycles. The van der Waals surface area contributed by atoms with Crippen LogP contribution >= 0.6 is 23.8 Å². The van der Waals surface area contributed by atoms with E-state index in [1.807, 2.05) is 0 Å². The lowest BCUT2D eigenvalue weighted by atomic mass is 10.2.